The molecule has 1 N–H and O–H groups in total. The molecule has 1 amide bonds. The Balaban J connectivity index is 1.77. The lowest BCUT2D eigenvalue weighted by Gasteiger charge is -2.36. The quantitative estimate of drug-likeness (QED) is 0.931. The van der Waals surface area contributed by atoms with E-state index in [2.05, 4.69) is 20.2 Å². The van der Waals surface area contributed by atoms with Gasteiger partial charge in [0.15, 0.2) is 0 Å². The first kappa shape index (κ1) is 17.6. The van der Waals surface area contributed by atoms with E-state index in [1.54, 1.807) is 18.6 Å². The third-order valence-corrected chi connectivity index (χ3v) is 4.79. The molecule has 6 nitrogen and oxygen atoms in total. The molecule has 0 saturated carbocycles. The van der Waals surface area contributed by atoms with Gasteiger partial charge in [0.1, 0.15) is 0 Å². The van der Waals surface area contributed by atoms with Crippen LogP contribution in [0.15, 0.2) is 18.6 Å². The van der Waals surface area contributed by atoms with Gasteiger partial charge in [-0.1, -0.05) is 20.8 Å². The number of rotatable bonds is 3. The molecule has 1 fully saturated rings. The Bertz CT molecular complexity index is 746. The second-order valence-electron chi connectivity index (χ2n) is 7.97. The van der Waals surface area contributed by atoms with Crippen LogP contribution in [0, 0.1) is 18.3 Å². The number of carbonyl (C=O) groups excluding carboxylic acids is 1. The molecular weight excluding hydrogens is 314 g/mol. The highest BCUT2D eigenvalue weighted by atomic mass is 16.2. The Morgan fingerprint density at radius 2 is 2.08 bits per heavy atom. The molecule has 0 spiro atoms. The molecule has 1 saturated heterocycles. The summed E-state index contributed by atoms with van der Waals surface area (Å²) in [5, 5.41) is 7.07. The molecular formula is C19H27N5O. The van der Waals surface area contributed by atoms with Gasteiger partial charge in [-0.2, -0.15) is 5.10 Å². The predicted octanol–water partition coefficient (Wildman–Crippen LogP) is 3.00. The summed E-state index contributed by atoms with van der Waals surface area (Å²) in [4.78, 5) is 23.7. The Kier molecular flexibility index (Phi) is 4.88. The van der Waals surface area contributed by atoms with Crippen molar-refractivity contribution in [3.05, 3.63) is 30.0 Å². The normalized spacial score (nSPS) is 18.4. The first-order valence-electron chi connectivity index (χ1n) is 8.96. The van der Waals surface area contributed by atoms with Crippen molar-refractivity contribution in [3.8, 4) is 11.3 Å². The summed E-state index contributed by atoms with van der Waals surface area (Å²) in [6.07, 6.45) is 8.28. The SMILES string of the molecule is Cc1[nH]ncc1-c1nccnc1CC1CCCN(C(=O)C(C)(C)C)C1. The van der Waals surface area contributed by atoms with Crippen LogP contribution in [-0.4, -0.2) is 44.1 Å². The van der Waals surface area contributed by atoms with Crippen LogP contribution in [0.1, 0.15) is 45.0 Å². The first-order valence-corrected chi connectivity index (χ1v) is 8.96. The van der Waals surface area contributed by atoms with Gasteiger partial charge in [0.05, 0.1) is 17.6 Å². The molecule has 0 radical (unpaired) electrons. The lowest BCUT2D eigenvalue weighted by Crippen LogP contribution is -2.45. The number of aromatic nitrogens is 4. The summed E-state index contributed by atoms with van der Waals surface area (Å²) in [6.45, 7) is 9.62. The summed E-state index contributed by atoms with van der Waals surface area (Å²) in [5.41, 5.74) is 3.56. The maximum Gasteiger partial charge on any atom is 0.227 e. The van der Waals surface area contributed by atoms with Gasteiger partial charge in [-0.3, -0.25) is 19.9 Å². The van der Waals surface area contributed by atoms with Crippen LogP contribution in [0.4, 0.5) is 0 Å². The molecule has 1 unspecified atom stereocenters. The summed E-state index contributed by atoms with van der Waals surface area (Å²) >= 11 is 0. The van der Waals surface area contributed by atoms with E-state index in [1.807, 2.05) is 32.6 Å². The number of piperidine rings is 1. The van der Waals surface area contributed by atoms with Crippen molar-refractivity contribution in [2.75, 3.05) is 13.1 Å². The average Bonchev–Trinajstić information content (AvgIpc) is 3.00. The number of nitrogens with one attached hydrogen (secondary N) is 1. The van der Waals surface area contributed by atoms with Crippen molar-refractivity contribution in [2.24, 2.45) is 11.3 Å². The highest BCUT2D eigenvalue weighted by molar-refractivity contribution is 5.81. The fraction of sp³-hybridized carbons (Fsp3) is 0.579. The van der Waals surface area contributed by atoms with E-state index in [0.717, 1.165) is 55.0 Å². The van der Waals surface area contributed by atoms with Gasteiger partial charge < -0.3 is 4.90 Å². The standard InChI is InChI=1S/C19H27N5O/c1-13-15(11-22-23-13)17-16(20-7-8-21-17)10-14-6-5-9-24(12-14)18(25)19(2,3)4/h7-8,11,14H,5-6,9-10,12H2,1-4H3,(H,22,23). The monoisotopic (exact) mass is 341 g/mol. The van der Waals surface area contributed by atoms with Crippen molar-refractivity contribution >= 4 is 5.91 Å². The summed E-state index contributed by atoms with van der Waals surface area (Å²) in [6, 6.07) is 0. The second kappa shape index (κ2) is 6.94. The summed E-state index contributed by atoms with van der Waals surface area (Å²) in [5.74, 6) is 0.657. The van der Waals surface area contributed by atoms with Gasteiger partial charge in [0.2, 0.25) is 5.91 Å². The fourth-order valence-corrected chi connectivity index (χ4v) is 3.49. The fourth-order valence-electron chi connectivity index (χ4n) is 3.49. The van der Waals surface area contributed by atoms with Crippen LogP contribution in [0.5, 0.6) is 0 Å². The van der Waals surface area contributed by atoms with E-state index in [4.69, 9.17) is 0 Å². The van der Waals surface area contributed by atoms with Crippen LogP contribution in [0.3, 0.4) is 0 Å². The largest absolute Gasteiger partial charge is 0.342 e. The van der Waals surface area contributed by atoms with E-state index < -0.39 is 0 Å². The van der Waals surface area contributed by atoms with Gasteiger partial charge in [-0.05, 0) is 32.1 Å². The molecule has 3 rings (SSSR count). The minimum atomic E-state index is -0.326. The number of likely N-dealkylation sites (tertiary alicyclic amines) is 1. The molecule has 1 aliphatic rings. The zero-order valence-electron chi connectivity index (χ0n) is 15.5. The molecule has 0 aromatic carbocycles. The van der Waals surface area contributed by atoms with E-state index in [1.165, 1.54) is 0 Å². The van der Waals surface area contributed by atoms with E-state index in [0.29, 0.717) is 5.92 Å². The van der Waals surface area contributed by atoms with Gasteiger partial charge in [-0.15, -0.1) is 0 Å². The van der Waals surface area contributed by atoms with Crippen molar-refractivity contribution in [1.82, 2.24) is 25.1 Å². The number of carbonyl (C=O) groups is 1. The van der Waals surface area contributed by atoms with Crippen LogP contribution < -0.4 is 0 Å². The van der Waals surface area contributed by atoms with E-state index in [-0.39, 0.29) is 11.3 Å². The third-order valence-electron chi connectivity index (χ3n) is 4.79. The molecule has 1 atom stereocenters. The average molecular weight is 341 g/mol. The van der Waals surface area contributed by atoms with Crippen molar-refractivity contribution < 1.29 is 4.79 Å². The molecule has 3 heterocycles. The summed E-state index contributed by atoms with van der Waals surface area (Å²) in [7, 11) is 0. The smallest absolute Gasteiger partial charge is 0.227 e. The first-order chi connectivity index (χ1) is 11.9. The van der Waals surface area contributed by atoms with Gasteiger partial charge >= 0.3 is 0 Å². The highest BCUT2D eigenvalue weighted by Gasteiger charge is 2.31. The van der Waals surface area contributed by atoms with Crippen molar-refractivity contribution in [1.29, 1.82) is 0 Å². The van der Waals surface area contributed by atoms with Crippen LogP contribution in [-0.2, 0) is 11.2 Å². The minimum absolute atomic E-state index is 0.238. The third kappa shape index (κ3) is 3.89. The Morgan fingerprint density at radius 1 is 1.32 bits per heavy atom. The number of hydrogen-bond acceptors (Lipinski definition) is 4. The molecule has 2 aromatic rings. The second-order valence-corrected chi connectivity index (χ2v) is 7.97. The molecule has 1 aliphatic heterocycles. The number of nitrogens with zero attached hydrogens (tertiary/aromatic N) is 4. The number of H-pyrrole nitrogens is 1. The molecule has 0 aliphatic carbocycles. The van der Waals surface area contributed by atoms with Gasteiger partial charge in [0, 0.05) is 42.2 Å². The lowest BCUT2D eigenvalue weighted by molar-refractivity contribution is -0.141. The minimum Gasteiger partial charge on any atom is -0.342 e. The number of aromatic amines is 1. The Hall–Kier alpha value is -2.24. The van der Waals surface area contributed by atoms with Crippen LogP contribution >= 0.6 is 0 Å². The lowest BCUT2D eigenvalue weighted by atomic mass is 9.88. The topological polar surface area (TPSA) is 74.8 Å². The van der Waals surface area contributed by atoms with E-state index >= 15 is 0 Å². The molecule has 6 heteroatoms. The Labute approximate surface area is 149 Å². The Morgan fingerprint density at radius 3 is 2.76 bits per heavy atom. The zero-order valence-corrected chi connectivity index (χ0v) is 15.5. The van der Waals surface area contributed by atoms with Gasteiger partial charge in [0.25, 0.3) is 0 Å². The van der Waals surface area contributed by atoms with Crippen molar-refractivity contribution in [2.45, 2.75) is 47.0 Å². The van der Waals surface area contributed by atoms with E-state index in [9.17, 15) is 4.79 Å². The summed E-state index contributed by atoms with van der Waals surface area (Å²) < 4.78 is 0. The zero-order chi connectivity index (χ0) is 18.0. The van der Waals surface area contributed by atoms with Gasteiger partial charge in [-0.25, -0.2) is 0 Å². The maximum atomic E-state index is 12.6. The number of hydrogen-bond donors (Lipinski definition) is 1. The maximum absolute atomic E-state index is 12.6. The van der Waals surface area contributed by atoms with Crippen LogP contribution in [0.2, 0.25) is 0 Å². The molecule has 2 aromatic heterocycles. The number of aryl methyl sites for hydroxylation is 1. The van der Waals surface area contributed by atoms with Crippen molar-refractivity contribution in [3.63, 3.8) is 0 Å². The molecule has 0 bridgehead atoms. The highest BCUT2D eigenvalue weighted by Crippen LogP contribution is 2.28. The number of amides is 1. The predicted molar refractivity (Wildman–Crippen MR) is 96.8 cm³/mol. The molecule has 134 valence electrons. The molecule has 25 heavy (non-hydrogen) atoms. The van der Waals surface area contributed by atoms with Crippen LogP contribution in [0.25, 0.3) is 11.3 Å².